The van der Waals surface area contributed by atoms with Crippen LogP contribution in [0.25, 0.3) is 11.4 Å². The van der Waals surface area contributed by atoms with Gasteiger partial charge < -0.3 is 14.0 Å². The van der Waals surface area contributed by atoms with E-state index in [1.54, 1.807) is 48.8 Å². The van der Waals surface area contributed by atoms with Crippen molar-refractivity contribution in [2.45, 2.75) is 11.5 Å². The lowest BCUT2D eigenvalue weighted by molar-refractivity contribution is 0.0429. The average Bonchev–Trinajstić information content (AvgIpc) is 3.36. The number of aromatic nitrogens is 3. The number of hydrogen-bond acceptors (Lipinski definition) is 9. The van der Waals surface area contributed by atoms with Crippen LogP contribution in [0, 0.1) is 0 Å². The first-order valence-corrected chi connectivity index (χ1v) is 11.5. The third-order valence-corrected chi connectivity index (χ3v) is 6.66. The van der Waals surface area contributed by atoms with Crippen LogP contribution in [0.4, 0.5) is 5.69 Å². The molecule has 0 aliphatic carbocycles. The highest BCUT2D eigenvalue weighted by molar-refractivity contribution is 7.92. The smallest absolute Gasteiger partial charge is 0.338 e. The molecule has 0 aliphatic rings. The van der Waals surface area contributed by atoms with E-state index in [1.807, 2.05) is 0 Å². The van der Waals surface area contributed by atoms with Gasteiger partial charge >= 0.3 is 5.97 Å². The molecule has 0 aliphatic heterocycles. The molecule has 4 aromatic rings. The summed E-state index contributed by atoms with van der Waals surface area (Å²) in [5.41, 5.74) is 1.16. The van der Waals surface area contributed by atoms with Gasteiger partial charge in [-0.1, -0.05) is 11.2 Å². The topological polar surface area (TPSA) is 125 Å². The predicted molar refractivity (Wildman–Crippen MR) is 122 cm³/mol. The number of ether oxygens (including phenoxy) is 2. The summed E-state index contributed by atoms with van der Waals surface area (Å²) < 4.78 is 42.7. The van der Waals surface area contributed by atoms with E-state index in [0.29, 0.717) is 22.8 Å². The molecule has 4 rings (SSSR count). The summed E-state index contributed by atoms with van der Waals surface area (Å²) in [6, 6.07) is 15.7. The fourth-order valence-corrected chi connectivity index (χ4v) is 4.25. The summed E-state index contributed by atoms with van der Waals surface area (Å²) in [4.78, 5) is 20.6. The molecular formula is C23H20N4O6S. The number of carbonyl (C=O) groups is 1. The van der Waals surface area contributed by atoms with E-state index in [2.05, 4.69) is 15.1 Å². The van der Waals surface area contributed by atoms with Crippen molar-refractivity contribution in [3.05, 3.63) is 84.5 Å². The van der Waals surface area contributed by atoms with Gasteiger partial charge in [-0.05, 0) is 54.6 Å². The first-order valence-electron chi connectivity index (χ1n) is 10.0. The minimum Gasteiger partial charge on any atom is -0.497 e. The molecule has 0 spiro atoms. The molecule has 0 bridgehead atoms. The summed E-state index contributed by atoms with van der Waals surface area (Å²) in [7, 11) is -0.970. The molecular weight excluding hydrogens is 460 g/mol. The highest BCUT2D eigenvalue weighted by Crippen LogP contribution is 2.25. The fraction of sp³-hybridized carbons (Fsp3) is 0.130. The van der Waals surface area contributed by atoms with Crippen molar-refractivity contribution in [2.24, 2.45) is 0 Å². The molecule has 0 saturated carbocycles. The lowest BCUT2D eigenvalue weighted by Crippen LogP contribution is -2.26. The van der Waals surface area contributed by atoms with Crippen LogP contribution < -0.4 is 9.04 Å². The number of methoxy groups -OCH3 is 1. The molecule has 10 nitrogen and oxygen atoms in total. The first kappa shape index (κ1) is 22.9. The Labute approximate surface area is 195 Å². The summed E-state index contributed by atoms with van der Waals surface area (Å²) in [5, 5.41) is 3.83. The van der Waals surface area contributed by atoms with E-state index >= 15 is 0 Å². The Morgan fingerprint density at radius 3 is 2.59 bits per heavy atom. The van der Waals surface area contributed by atoms with Crippen LogP contribution in [0.15, 0.2) is 82.5 Å². The molecule has 0 radical (unpaired) electrons. The van der Waals surface area contributed by atoms with E-state index in [9.17, 15) is 13.2 Å². The van der Waals surface area contributed by atoms with Gasteiger partial charge in [0.25, 0.3) is 15.9 Å². The van der Waals surface area contributed by atoms with Gasteiger partial charge in [0.1, 0.15) is 5.75 Å². The number of nitrogens with zero attached hydrogens (tertiary/aromatic N) is 4. The molecule has 0 N–H and O–H groups in total. The van der Waals surface area contributed by atoms with Crippen LogP contribution in [0.5, 0.6) is 5.75 Å². The molecule has 34 heavy (non-hydrogen) atoms. The number of rotatable bonds is 8. The number of sulfonamides is 1. The molecule has 2 aromatic heterocycles. The van der Waals surface area contributed by atoms with Crippen LogP contribution in [0.1, 0.15) is 16.2 Å². The van der Waals surface area contributed by atoms with Gasteiger partial charge in [0, 0.05) is 25.0 Å². The maximum atomic E-state index is 13.1. The van der Waals surface area contributed by atoms with E-state index < -0.39 is 16.0 Å². The average molecular weight is 481 g/mol. The SMILES string of the molecule is COc1ccc(N(C)S(=O)(=O)c2cccc(C(=O)OCc3nc(-c4cccnc4)no3)c2)cc1. The molecule has 0 atom stereocenters. The molecule has 0 fully saturated rings. The summed E-state index contributed by atoms with van der Waals surface area (Å²) in [6.45, 7) is -0.269. The summed E-state index contributed by atoms with van der Waals surface area (Å²) in [6.07, 6.45) is 3.20. The van der Waals surface area contributed by atoms with Crippen LogP contribution in [-0.2, 0) is 21.4 Å². The van der Waals surface area contributed by atoms with Gasteiger partial charge in [-0.2, -0.15) is 4.98 Å². The lowest BCUT2D eigenvalue weighted by atomic mass is 10.2. The number of benzene rings is 2. The normalized spacial score (nSPS) is 11.1. The zero-order valence-electron chi connectivity index (χ0n) is 18.3. The molecule has 0 saturated heterocycles. The Bertz CT molecular complexity index is 1390. The van der Waals surface area contributed by atoms with Crippen molar-refractivity contribution < 1.29 is 27.2 Å². The third-order valence-electron chi connectivity index (χ3n) is 4.88. The molecule has 11 heteroatoms. The summed E-state index contributed by atoms with van der Waals surface area (Å²) in [5.74, 6) is 0.280. The van der Waals surface area contributed by atoms with Crippen molar-refractivity contribution in [3.63, 3.8) is 0 Å². The zero-order valence-corrected chi connectivity index (χ0v) is 19.1. The van der Waals surface area contributed by atoms with Gasteiger partial charge in [0.15, 0.2) is 6.61 Å². The number of hydrogen-bond donors (Lipinski definition) is 0. The number of pyridine rings is 1. The van der Waals surface area contributed by atoms with Crippen molar-refractivity contribution in [2.75, 3.05) is 18.5 Å². The van der Waals surface area contributed by atoms with Gasteiger partial charge in [-0.15, -0.1) is 0 Å². The van der Waals surface area contributed by atoms with Gasteiger partial charge in [-0.3, -0.25) is 9.29 Å². The lowest BCUT2D eigenvalue weighted by Gasteiger charge is -2.20. The fourth-order valence-electron chi connectivity index (χ4n) is 3.01. The molecule has 174 valence electrons. The highest BCUT2D eigenvalue weighted by atomic mass is 32.2. The molecule has 0 unspecified atom stereocenters. The Balaban J connectivity index is 1.46. The predicted octanol–water partition coefficient (Wildman–Crippen LogP) is 3.32. The first-order chi connectivity index (χ1) is 16.4. The molecule has 2 heterocycles. The third kappa shape index (κ3) is 4.89. The summed E-state index contributed by atoms with van der Waals surface area (Å²) >= 11 is 0. The Morgan fingerprint density at radius 2 is 1.88 bits per heavy atom. The maximum absolute atomic E-state index is 13.1. The van der Waals surface area contributed by atoms with Crippen molar-refractivity contribution in [1.29, 1.82) is 0 Å². The van der Waals surface area contributed by atoms with Gasteiger partial charge in [0.2, 0.25) is 5.82 Å². The van der Waals surface area contributed by atoms with Crippen molar-refractivity contribution in [1.82, 2.24) is 15.1 Å². The standard InChI is InChI=1S/C23H20N4O6S/c1-27(18-8-10-19(31-2)11-9-18)34(29,30)20-7-3-5-16(13-20)23(28)32-15-21-25-22(26-33-21)17-6-4-12-24-14-17/h3-14H,15H2,1-2H3. The van der Waals surface area contributed by atoms with Crippen LogP contribution >= 0.6 is 0 Å². The van der Waals surface area contributed by atoms with Crippen molar-refractivity contribution >= 4 is 21.7 Å². The maximum Gasteiger partial charge on any atom is 0.338 e. The second kappa shape index (κ2) is 9.71. The van der Waals surface area contributed by atoms with Crippen LogP contribution in [0.2, 0.25) is 0 Å². The number of esters is 1. The minimum absolute atomic E-state index is 0.0584. The van der Waals surface area contributed by atoms with Gasteiger partial charge in [-0.25, -0.2) is 13.2 Å². The minimum atomic E-state index is -3.92. The molecule has 2 aromatic carbocycles. The van der Waals surface area contributed by atoms with Gasteiger partial charge in [0.05, 0.1) is 23.3 Å². The highest BCUT2D eigenvalue weighted by Gasteiger charge is 2.23. The zero-order chi connectivity index (χ0) is 24.1. The monoisotopic (exact) mass is 480 g/mol. The van der Waals surface area contributed by atoms with E-state index in [1.165, 1.54) is 38.4 Å². The Kier molecular flexibility index (Phi) is 6.55. The van der Waals surface area contributed by atoms with E-state index in [0.717, 1.165) is 4.31 Å². The largest absolute Gasteiger partial charge is 0.497 e. The molecule has 0 amide bonds. The van der Waals surface area contributed by atoms with Crippen molar-refractivity contribution in [3.8, 4) is 17.1 Å². The van der Waals surface area contributed by atoms with Crippen LogP contribution in [-0.4, -0.2) is 43.7 Å². The second-order valence-corrected chi connectivity index (χ2v) is 9.00. The number of anilines is 1. The Morgan fingerprint density at radius 1 is 1.09 bits per heavy atom. The van der Waals surface area contributed by atoms with E-state index in [-0.39, 0.29) is 23.0 Å². The number of carbonyl (C=O) groups excluding carboxylic acids is 1. The Hall–Kier alpha value is -4.25. The quantitative estimate of drug-likeness (QED) is 0.349. The van der Waals surface area contributed by atoms with E-state index in [4.69, 9.17) is 14.0 Å². The van der Waals surface area contributed by atoms with Crippen LogP contribution in [0.3, 0.4) is 0 Å². The second-order valence-electron chi connectivity index (χ2n) is 7.03.